The third-order valence-electron chi connectivity index (χ3n) is 5.09. The lowest BCUT2D eigenvalue weighted by atomic mass is 9.75. The zero-order valence-electron chi connectivity index (χ0n) is 14.0. The Hall–Kier alpha value is -0.540. The van der Waals surface area contributed by atoms with Crippen molar-refractivity contribution in [1.82, 2.24) is 15.1 Å². The number of aryl methyl sites for hydroxylation is 2. The number of rotatable bonds is 6. The van der Waals surface area contributed by atoms with Crippen LogP contribution in [-0.4, -0.2) is 22.4 Å². The van der Waals surface area contributed by atoms with Crippen molar-refractivity contribution in [2.45, 2.75) is 65.3 Å². The SMILES string of the molecule is CCNC1CCC(CC)CC1Cc1c(Cl)c(CC)nn1C. The molecule has 1 aromatic rings. The van der Waals surface area contributed by atoms with Gasteiger partial charge in [0, 0.05) is 13.1 Å². The maximum atomic E-state index is 6.54. The first-order chi connectivity index (χ1) is 10.1. The fourth-order valence-electron chi connectivity index (χ4n) is 3.78. The van der Waals surface area contributed by atoms with Gasteiger partial charge in [-0.2, -0.15) is 5.10 Å². The Balaban J connectivity index is 2.15. The lowest BCUT2D eigenvalue weighted by Crippen LogP contribution is -2.41. The van der Waals surface area contributed by atoms with Crippen molar-refractivity contribution in [3.63, 3.8) is 0 Å². The molecule has 0 aliphatic heterocycles. The van der Waals surface area contributed by atoms with Crippen molar-refractivity contribution in [2.24, 2.45) is 18.9 Å². The van der Waals surface area contributed by atoms with Crippen LogP contribution in [0.15, 0.2) is 0 Å². The summed E-state index contributed by atoms with van der Waals surface area (Å²) in [5.74, 6) is 1.56. The van der Waals surface area contributed by atoms with Crippen LogP contribution in [0.2, 0.25) is 5.02 Å². The van der Waals surface area contributed by atoms with E-state index in [0.717, 1.165) is 36.0 Å². The van der Waals surface area contributed by atoms with Crippen molar-refractivity contribution in [3.05, 3.63) is 16.4 Å². The lowest BCUT2D eigenvalue weighted by molar-refractivity contribution is 0.198. The van der Waals surface area contributed by atoms with Crippen LogP contribution in [0.1, 0.15) is 57.8 Å². The Kier molecular flexibility index (Phi) is 6.12. The molecule has 3 nitrogen and oxygen atoms in total. The van der Waals surface area contributed by atoms with Crippen LogP contribution in [-0.2, 0) is 19.9 Å². The summed E-state index contributed by atoms with van der Waals surface area (Å²) in [7, 11) is 2.03. The normalized spacial score (nSPS) is 26.2. The summed E-state index contributed by atoms with van der Waals surface area (Å²) < 4.78 is 2.00. The molecule has 120 valence electrons. The van der Waals surface area contributed by atoms with Crippen molar-refractivity contribution in [1.29, 1.82) is 0 Å². The highest BCUT2D eigenvalue weighted by molar-refractivity contribution is 6.31. The molecule has 0 bridgehead atoms. The Morgan fingerprint density at radius 1 is 1.29 bits per heavy atom. The van der Waals surface area contributed by atoms with Crippen LogP contribution < -0.4 is 5.32 Å². The summed E-state index contributed by atoms with van der Waals surface area (Å²) in [6.45, 7) is 7.70. The Labute approximate surface area is 134 Å². The summed E-state index contributed by atoms with van der Waals surface area (Å²) >= 11 is 6.54. The van der Waals surface area contributed by atoms with E-state index in [2.05, 4.69) is 31.2 Å². The Morgan fingerprint density at radius 3 is 2.62 bits per heavy atom. The number of hydrogen-bond acceptors (Lipinski definition) is 2. The maximum absolute atomic E-state index is 6.54. The highest BCUT2D eigenvalue weighted by atomic mass is 35.5. The van der Waals surface area contributed by atoms with E-state index in [1.165, 1.54) is 31.4 Å². The predicted octanol–water partition coefficient (Wildman–Crippen LogP) is 3.98. The summed E-state index contributed by atoms with van der Waals surface area (Å²) in [5, 5.41) is 9.15. The van der Waals surface area contributed by atoms with Crippen LogP contribution in [0.4, 0.5) is 0 Å². The Morgan fingerprint density at radius 2 is 2.05 bits per heavy atom. The van der Waals surface area contributed by atoms with Gasteiger partial charge in [-0.05, 0) is 50.5 Å². The summed E-state index contributed by atoms with van der Waals surface area (Å²) in [5.41, 5.74) is 2.26. The summed E-state index contributed by atoms with van der Waals surface area (Å²) in [4.78, 5) is 0. The number of halogens is 1. The second-order valence-corrected chi connectivity index (χ2v) is 6.78. The minimum absolute atomic E-state index is 0.633. The molecule has 3 unspecified atom stereocenters. The minimum atomic E-state index is 0.633. The van der Waals surface area contributed by atoms with E-state index in [1.54, 1.807) is 0 Å². The van der Waals surface area contributed by atoms with E-state index in [0.29, 0.717) is 12.0 Å². The highest BCUT2D eigenvalue weighted by Crippen LogP contribution is 2.35. The van der Waals surface area contributed by atoms with Crippen molar-refractivity contribution < 1.29 is 0 Å². The second-order valence-electron chi connectivity index (χ2n) is 6.40. The van der Waals surface area contributed by atoms with Crippen molar-refractivity contribution >= 4 is 11.6 Å². The molecular formula is C17H30ClN3. The van der Waals surface area contributed by atoms with Crippen LogP contribution in [0.3, 0.4) is 0 Å². The predicted molar refractivity (Wildman–Crippen MR) is 89.9 cm³/mol. The van der Waals surface area contributed by atoms with Gasteiger partial charge in [0.1, 0.15) is 0 Å². The molecule has 1 aliphatic carbocycles. The van der Waals surface area contributed by atoms with Gasteiger partial charge in [0.25, 0.3) is 0 Å². The van der Waals surface area contributed by atoms with E-state index in [9.17, 15) is 0 Å². The highest BCUT2D eigenvalue weighted by Gasteiger charge is 2.31. The lowest BCUT2D eigenvalue weighted by Gasteiger charge is -2.36. The average molecular weight is 312 g/mol. The monoisotopic (exact) mass is 311 g/mol. The van der Waals surface area contributed by atoms with Crippen LogP contribution in [0.25, 0.3) is 0 Å². The van der Waals surface area contributed by atoms with Crippen LogP contribution in [0.5, 0.6) is 0 Å². The van der Waals surface area contributed by atoms with Crippen molar-refractivity contribution in [3.8, 4) is 0 Å². The molecule has 1 aliphatic rings. The van der Waals surface area contributed by atoms with Gasteiger partial charge in [-0.3, -0.25) is 4.68 Å². The fourth-order valence-corrected chi connectivity index (χ4v) is 4.15. The standard InChI is InChI=1S/C17H30ClN3/c1-5-12-8-9-15(19-7-3)13(10-12)11-16-17(18)14(6-2)20-21(16)4/h12-13,15,19H,5-11H2,1-4H3. The number of aromatic nitrogens is 2. The molecule has 21 heavy (non-hydrogen) atoms. The van der Waals surface area contributed by atoms with Gasteiger partial charge in [-0.25, -0.2) is 0 Å². The molecule has 0 aromatic carbocycles. The van der Waals surface area contributed by atoms with Gasteiger partial charge in [0.05, 0.1) is 16.4 Å². The molecule has 3 atom stereocenters. The third kappa shape index (κ3) is 3.81. The van der Waals surface area contributed by atoms with Crippen LogP contribution >= 0.6 is 11.6 Å². The van der Waals surface area contributed by atoms with E-state index < -0.39 is 0 Å². The minimum Gasteiger partial charge on any atom is -0.314 e. The van der Waals surface area contributed by atoms with Gasteiger partial charge in [-0.1, -0.05) is 38.8 Å². The molecule has 2 rings (SSSR count). The molecule has 0 spiro atoms. The smallest absolute Gasteiger partial charge is 0.0849 e. The number of nitrogens with zero attached hydrogens (tertiary/aromatic N) is 2. The fraction of sp³-hybridized carbons (Fsp3) is 0.824. The zero-order chi connectivity index (χ0) is 15.4. The first-order valence-corrected chi connectivity index (χ1v) is 8.91. The Bertz CT molecular complexity index is 455. The van der Waals surface area contributed by atoms with E-state index in [-0.39, 0.29) is 0 Å². The van der Waals surface area contributed by atoms with E-state index in [1.807, 2.05) is 11.7 Å². The molecule has 0 amide bonds. The molecule has 1 aromatic heterocycles. The first kappa shape index (κ1) is 16.8. The summed E-state index contributed by atoms with van der Waals surface area (Å²) in [6, 6.07) is 0.633. The van der Waals surface area contributed by atoms with Gasteiger partial charge in [-0.15, -0.1) is 0 Å². The topological polar surface area (TPSA) is 29.9 Å². The molecule has 1 fully saturated rings. The molecule has 1 N–H and O–H groups in total. The second kappa shape index (κ2) is 7.64. The third-order valence-corrected chi connectivity index (χ3v) is 5.53. The van der Waals surface area contributed by atoms with Crippen molar-refractivity contribution in [2.75, 3.05) is 6.54 Å². The maximum Gasteiger partial charge on any atom is 0.0849 e. The quantitative estimate of drug-likeness (QED) is 0.861. The molecular weight excluding hydrogens is 282 g/mol. The van der Waals surface area contributed by atoms with E-state index in [4.69, 9.17) is 11.6 Å². The van der Waals surface area contributed by atoms with Gasteiger partial charge < -0.3 is 5.32 Å². The molecule has 0 radical (unpaired) electrons. The van der Waals surface area contributed by atoms with E-state index >= 15 is 0 Å². The van der Waals surface area contributed by atoms with Gasteiger partial charge in [0.15, 0.2) is 0 Å². The molecule has 4 heteroatoms. The number of hydrogen-bond donors (Lipinski definition) is 1. The van der Waals surface area contributed by atoms with Gasteiger partial charge >= 0.3 is 0 Å². The largest absolute Gasteiger partial charge is 0.314 e. The van der Waals surface area contributed by atoms with Crippen LogP contribution in [0, 0.1) is 11.8 Å². The average Bonchev–Trinajstić information content (AvgIpc) is 2.76. The first-order valence-electron chi connectivity index (χ1n) is 8.54. The molecule has 1 heterocycles. The zero-order valence-corrected chi connectivity index (χ0v) is 14.7. The molecule has 1 saturated carbocycles. The number of nitrogens with one attached hydrogen (secondary N) is 1. The van der Waals surface area contributed by atoms with Gasteiger partial charge in [0.2, 0.25) is 0 Å². The summed E-state index contributed by atoms with van der Waals surface area (Å²) in [6.07, 6.45) is 7.24. The molecule has 0 saturated heterocycles.